The predicted octanol–water partition coefficient (Wildman–Crippen LogP) is 4.44. The number of nitrogens with zero attached hydrogens (tertiary/aromatic N) is 1. The molecule has 12 heteroatoms. The predicted molar refractivity (Wildman–Crippen MR) is 110 cm³/mol. The van der Waals surface area contributed by atoms with Crippen LogP contribution in [-0.4, -0.2) is 26.8 Å². The van der Waals surface area contributed by atoms with E-state index in [4.69, 9.17) is 23.2 Å². The topological polar surface area (TPSA) is 104 Å². The molecule has 3 aromatic rings. The van der Waals surface area contributed by atoms with Crippen LogP contribution in [0.1, 0.15) is 34.1 Å². The number of halogens is 5. The number of nitrogens with one attached hydrogen (secondary N) is 2. The van der Waals surface area contributed by atoms with Crippen LogP contribution >= 0.6 is 23.2 Å². The second kappa shape index (κ2) is 9.09. The van der Waals surface area contributed by atoms with Gasteiger partial charge < -0.3 is 10.4 Å². The summed E-state index contributed by atoms with van der Waals surface area (Å²) in [5.74, 6) is -2.29. The van der Waals surface area contributed by atoms with Crippen molar-refractivity contribution in [2.45, 2.75) is 18.6 Å². The van der Waals surface area contributed by atoms with E-state index in [-0.39, 0.29) is 11.3 Å². The molecule has 2 aromatic carbocycles. The highest BCUT2D eigenvalue weighted by Gasteiger charge is 2.35. The summed E-state index contributed by atoms with van der Waals surface area (Å²) < 4.78 is 40.6. The molecule has 3 N–H and O–H groups in total. The Morgan fingerprint density at radius 1 is 1.12 bits per heavy atom. The number of aromatic nitrogens is 2. The molecule has 0 radical (unpaired) electrons. The molecule has 0 aliphatic rings. The molecule has 1 unspecified atom stereocenters. The first kappa shape index (κ1) is 23.4. The van der Waals surface area contributed by atoms with Crippen LogP contribution in [0.5, 0.6) is 0 Å². The number of benzene rings is 2. The van der Waals surface area contributed by atoms with Gasteiger partial charge in [0.15, 0.2) is 0 Å². The third kappa shape index (κ3) is 5.14. The van der Waals surface area contributed by atoms with Gasteiger partial charge in [0, 0.05) is 11.1 Å². The highest BCUT2D eigenvalue weighted by atomic mass is 35.5. The van der Waals surface area contributed by atoms with Crippen LogP contribution in [-0.2, 0) is 11.0 Å². The lowest BCUT2D eigenvalue weighted by molar-refractivity contribution is -0.138. The number of carboxylic acid groups (broad SMARTS) is 1. The first-order chi connectivity index (χ1) is 15.0. The number of amides is 1. The largest absolute Gasteiger partial charge is 0.481 e. The Hall–Kier alpha value is -3.24. The number of alkyl halides is 3. The summed E-state index contributed by atoms with van der Waals surface area (Å²) >= 11 is 11.7. The van der Waals surface area contributed by atoms with E-state index in [1.165, 1.54) is 30.3 Å². The quantitative estimate of drug-likeness (QED) is 0.478. The third-order valence-electron chi connectivity index (χ3n) is 4.44. The van der Waals surface area contributed by atoms with E-state index in [9.17, 15) is 32.7 Å². The normalized spacial score (nSPS) is 12.4. The number of H-pyrrole nitrogens is 1. The zero-order chi connectivity index (χ0) is 23.6. The van der Waals surface area contributed by atoms with Crippen LogP contribution in [0.15, 0.2) is 53.3 Å². The van der Waals surface area contributed by atoms with Gasteiger partial charge in [-0.15, -0.1) is 0 Å². The van der Waals surface area contributed by atoms with Crippen molar-refractivity contribution in [2.24, 2.45) is 0 Å². The van der Waals surface area contributed by atoms with Crippen molar-refractivity contribution in [1.29, 1.82) is 0 Å². The van der Waals surface area contributed by atoms with Crippen LogP contribution in [0.2, 0.25) is 10.0 Å². The first-order valence-corrected chi connectivity index (χ1v) is 9.69. The second-order valence-electron chi connectivity index (χ2n) is 6.65. The van der Waals surface area contributed by atoms with Crippen molar-refractivity contribution >= 4 is 35.1 Å². The standard InChI is InChI=1S/C20H14Cl2F3N3O4/c21-10-4-6-11(7-5-10)28-16(29)8-15(27-28)19(32)26-14(9-17(30)31)12-2-1-3-13(18(12)22)20(23,24)25/h1-8,14,27H,9H2,(H,26,32)(H,30,31). The van der Waals surface area contributed by atoms with Crippen LogP contribution in [0, 0.1) is 0 Å². The Bertz CT molecular complexity index is 1220. The van der Waals surface area contributed by atoms with E-state index < -0.39 is 46.7 Å². The Morgan fingerprint density at radius 2 is 1.78 bits per heavy atom. The van der Waals surface area contributed by atoms with Gasteiger partial charge in [-0.1, -0.05) is 35.3 Å². The van der Waals surface area contributed by atoms with Gasteiger partial charge in [0.25, 0.3) is 11.5 Å². The molecule has 0 saturated heterocycles. The Kier molecular flexibility index (Phi) is 6.65. The number of aromatic amines is 1. The zero-order valence-electron chi connectivity index (χ0n) is 15.9. The maximum Gasteiger partial charge on any atom is 0.417 e. The number of hydrogen-bond acceptors (Lipinski definition) is 3. The third-order valence-corrected chi connectivity index (χ3v) is 5.12. The molecule has 7 nitrogen and oxygen atoms in total. The van der Waals surface area contributed by atoms with Gasteiger partial charge in [-0.3, -0.25) is 19.5 Å². The molecule has 3 rings (SSSR count). The van der Waals surface area contributed by atoms with E-state index in [1.54, 1.807) is 0 Å². The second-order valence-corrected chi connectivity index (χ2v) is 7.46. The van der Waals surface area contributed by atoms with Gasteiger partial charge in [-0.2, -0.15) is 13.2 Å². The minimum atomic E-state index is -4.77. The molecule has 1 amide bonds. The summed E-state index contributed by atoms with van der Waals surface area (Å²) in [6.07, 6.45) is -5.51. The lowest BCUT2D eigenvalue weighted by Crippen LogP contribution is -2.31. The number of rotatable bonds is 6. The maximum absolute atomic E-state index is 13.2. The molecule has 0 bridgehead atoms. The van der Waals surface area contributed by atoms with Crippen molar-refractivity contribution in [3.63, 3.8) is 0 Å². The summed E-state index contributed by atoms with van der Waals surface area (Å²) in [5.41, 5.74) is -1.84. The molecule has 0 fully saturated rings. The molecular formula is C20H14Cl2F3N3O4. The Morgan fingerprint density at radius 3 is 2.38 bits per heavy atom. The van der Waals surface area contributed by atoms with Crippen molar-refractivity contribution in [3.05, 3.63) is 85.8 Å². The number of hydrogen-bond donors (Lipinski definition) is 3. The number of aliphatic carboxylic acids is 1. The number of carboxylic acids is 1. The molecule has 0 aliphatic carbocycles. The van der Waals surface area contributed by atoms with E-state index >= 15 is 0 Å². The van der Waals surface area contributed by atoms with Crippen molar-refractivity contribution in [1.82, 2.24) is 15.1 Å². The molecule has 0 aliphatic heterocycles. The van der Waals surface area contributed by atoms with Gasteiger partial charge in [-0.05, 0) is 35.9 Å². The van der Waals surface area contributed by atoms with Gasteiger partial charge >= 0.3 is 12.1 Å². The van der Waals surface area contributed by atoms with Crippen LogP contribution in [0.3, 0.4) is 0 Å². The van der Waals surface area contributed by atoms with E-state index in [0.29, 0.717) is 10.7 Å². The van der Waals surface area contributed by atoms with Gasteiger partial charge in [-0.25, -0.2) is 4.68 Å². The highest BCUT2D eigenvalue weighted by molar-refractivity contribution is 6.32. The molecule has 0 saturated carbocycles. The summed E-state index contributed by atoms with van der Waals surface area (Å²) in [6, 6.07) is 8.68. The highest BCUT2D eigenvalue weighted by Crippen LogP contribution is 2.38. The fraction of sp³-hybridized carbons (Fsp3) is 0.150. The summed E-state index contributed by atoms with van der Waals surface area (Å²) in [6.45, 7) is 0. The summed E-state index contributed by atoms with van der Waals surface area (Å²) in [5, 5.41) is 13.8. The first-order valence-electron chi connectivity index (χ1n) is 8.93. The fourth-order valence-electron chi connectivity index (χ4n) is 2.98. The molecule has 168 valence electrons. The fourth-order valence-corrected chi connectivity index (χ4v) is 3.47. The van der Waals surface area contributed by atoms with Crippen LogP contribution < -0.4 is 10.9 Å². The van der Waals surface area contributed by atoms with Gasteiger partial charge in [0.1, 0.15) is 5.69 Å². The summed E-state index contributed by atoms with van der Waals surface area (Å²) in [7, 11) is 0. The Labute approximate surface area is 188 Å². The lowest BCUT2D eigenvalue weighted by Gasteiger charge is -2.20. The minimum absolute atomic E-state index is 0.225. The van der Waals surface area contributed by atoms with Gasteiger partial charge in [0.2, 0.25) is 0 Å². The SMILES string of the molecule is O=C(O)CC(NC(=O)c1cc(=O)n(-c2ccc(Cl)cc2)[nH]1)c1cccc(C(F)(F)F)c1Cl. The lowest BCUT2D eigenvalue weighted by atomic mass is 10.0. The van der Waals surface area contributed by atoms with Gasteiger partial charge in [0.05, 0.1) is 28.7 Å². The van der Waals surface area contributed by atoms with Crippen molar-refractivity contribution in [2.75, 3.05) is 0 Å². The van der Waals surface area contributed by atoms with Crippen molar-refractivity contribution in [3.8, 4) is 5.69 Å². The average molecular weight is 488 g/mol. The molecule has 0 spiro atoms. The van der Waals surface area contributed by atoms with Crippen LogP contribution in [0.4, 0.5) is 13.2 Å². The monoisotopic (exact) mass is 487 g/mol. The van der Waals surface area contributed by atoms with E-state index in [2.05, 4.69) is 10.4 Å². The zero-order valence-corrected chi connectivity index (χ0v) is 17.4. The minimum Gasteiger partial charge on any atom is -0.481 e. The van der Waals surface area contributed by atoms with E-state index in [1.807, 2.05) is 0 Å². The maximum atomic E-state index is 13.2. The average Bonchev–Trinajstić information content (AvgIpc) is 3.09. The van der Waals surface area contributed by atoms with Crippen LogP contribution in [0.25, 0.3) is 5.69 Å². The Balaban J connectivity index is 1.93. The molecule has 1 aromatic heterocycles. The number of carbonyl (C=O) groups is 2. The summed E-state index contributed by atoms with van der Waals surface area (Å²) in [4.78, 5) is 36.2. The smallest absolute Gasteiger partial charge is 0.417 e. The molecule has 1 heterocycles. The number of carbonyl (C=O) groups excluding carboxylic acids is 1. The molecular weight excluding hydrogens is 474 g/mol. The molecule has 1 atom stereocenters. The van der Waals surface area contributed by atoms with Crippen molar-refractivity contribution < 1.29 is 27.9 Å². The molecule has 32 heavy (non-hydrogen) atoms. The van der Waals surface area contributed by atoms with E-state index in [0.717, 1.165) is 22.9 Å².